The van der Waals surface area contributed by atoms with Gasteiger partial charge in [0, 0.05) is 19.0 Å². The molecular formula is C14H18FNO. The second-order valence-electron chi connectivity index (χ2n) is 3.60. The van der Waals surface area contributed by atoms with E-state index in [4.69, 9.17) is 4.74 Å². The summed E-state index contributed by atoms with van der Waals surface area (Å²) in [7, 11) is 0. The molecule has 17 heavy (non-hydrogen) atoms. The number of ether oxygens (including phenoxy) is 1. The summed E-state index contributed by atoms with van der Waals surface area (Å²) in [6, 6.07) is 4.77. The molecule has 1 N–H and O–H groups in total. The van der Waals surface area contributed by atoms with E-state index in [-0.39, 0.29) is 5.82 Å². The smallest absolute Gasteiger partial charge is 0.127 e. The Balaban J connectivity index is 2.57. The van der Waals surface area contributed by atoms with Crippen LogP contribution in [0.1, 0.15) is 25.8 Å². The third kappa shape index (κ3) is 5.37. The molecular weight excluding hydrogens is 217 g/mol. The van der Waals surface area contributed by atoms with Gasteiger partial charge in [-0.1, -0.05) is 6.92 Å². The van der Waals surface area contributed by atoms with Gasteiger partial charge in [0.2, 0.25) is 0 Å². The molecule has 0 radical (unpaired) electrons. The van der Waals surface area contributed by atoms with Crippen LogP contribution in [0.2, 0.25) is 0 Å². The Kier molecular flexibility index (Phi) is 6.13. The van der Waals surface area contributed by atoms with E-state index >= 15 is 0 Å². The first kappa shape index (κ1) is 13.5. The summed E-state index contributed by atoms with van der Waals surface area (Å²) in [4.78, 5) is 0. The fraction of sp³-hybridized carbons (Fsp3) is 0.429. The number of hydrogen-bond acceptors (Lipinski definition) is 2. The average Bonchev–Trinajstić information content (AvgIpc) is 2.31. The van der Waals surface area contributed by atoms with Gasteiger partial charge in [-0.15, -0.1) is 11.8 Å². The predicted molar refractivity (Wildman–Crippen MR) is 67.3 cm³/mol. The van der Waals surface area contributed by atoms with E-state index in [1.54, 1.807) is 6.92 Å². The molecule has 0 spiro atoms. The summed E-state index contributed by atoms with van der Waals surface area (Å²) < 4.78 is 18.7. The maximum absolute atomic E-state index is 13.3. The molecule has 0 fully saturated rings. The second-order valence-corrected chi connectivity index (χ2v) is 3.60. The van der Waals surface area contributed by atoms with Crippen molar-refractivity contribution >= 4 is 0 Å². The lowest BCUT2D eigenvalue weighted by Gasteiger charge is -2.07. The Labute approximate surface area is 102 Å². The van der Waals surface area contributed by atoms with Gasteiger partial charge in [-0.25, -0.2) is 4.39 Å². The highest BCUT2D eigenvalue weighted by atomic mass is 19.1. The zero-order chi connectivity index (χ0) is 12.5. The zero-order valence-corrected chi connectivity index (χ0v) is 10.3. The van der Waals surface area contributed by atoms with Crippen molar-refractivity contribution in [3.63, 3.8) is 0 Å². The minimum atomic E-state index is -0.267. The van der Waals surface area contributed by atoms with E-state index in [0.29, 0.717) is 25.3 Å². The summed E-state index contributed by atoms with van der Waals surface area (Å²) in [6.07, 6.45) is 0.662. The van der Waals surface area contributed by atoms with Crippen LogP contribution in [0.4, 0.5) is 4.39 Å². The highest BCUT2D eigenvalue weighted by molar-refractivity contribution is 5.29. The Hall–Kier alpha value is -1.53. The first-order valence-corrected chi connectivity index (χ1v) is 5.79. The lowest BCUT2D eigenvalue weighted by molar-refractivity contribution is 0.325. The normalized spacial score (nSPS) is 9.59. The fourth-order valence-electron chi connectivity index (χ4n) is 1.42. The molecule has 0 unspecified atom stereocenters. The van der Waals surface area contributed by atoms with Gasteiger partial charge in [-0.2, -0.15) is 0 Å². The van der Waals surface area contributed by atoms with Crippen LogP contribution in [-0.2, 0) is 6.54 Å². The fourth-order valence-corrected chi connectivity index (χ4v) is 1.42. The SMILES string of the molecule is CC#CCCOc1cc(F)cc(CNCC)c1. The lowest BCUT2D eigenvalue weighted by Crippen LogP contribution is -2.12. The molecule has 2 nitrogen and oxygen atoms in total. The van der Waals surface area contributed by atoms with Gasteiger partial charge in [0.25, 0.3) is 0 Å². The molecule has 0 saturated carbocycles. The Morgan fingerprint density at radius 3 is 2.88 bits per heavy atom. The van der Waals surface area contributed by atoms with Crippen molar-refractivity contribution in [2.75, 3.05) is 13.2 Å². The van der Waals surface area contributed by atoms with Crippen LogP contribution in [0.15, 0.2) is 18.2 Å². The minimum Gasteiger partial charge on any atom is -0.492 e. The van der Waals surface area contributed by atoms with Gasteiger partial charge < -0.3 is 10.1 Å². The van der Waals surface area contributed by atoms with E-state index < -0.39 is 0 Å². The summed E-state index contributed by atoms with van der Waals surface area (Å²) in [5.41, 5.74) is 0.892. The molecule has 0 aliphatic heterocycles. The molecule has 0 aliphatic rings. The van der Waals surface area contributed by atoms with Gasteiger partial charge in [0.05, 0.1) is 6.61 Å². The third-order valence-corrected chi connectivity index (χ3v) is 2.18. The van der Waals surface area contributed by atoms with Gasteiger partial charge in [-0.3, -0.25) is 0 Å². The van der Waals surface area contributed by atoms with Crippen molar-refractivity contribution in [3.8, 4) is 17.6 Å². The highest BCUT2D eigenvalue weighted by Crippen LogP contribution is 2.16. The lowest BCUT2D eigenvalue weighted by atomic mass is 10.2. The first-order valence-electron chi connectivity index (χ1n) is 5.79. The largest absolute Gasteiger partial charge is 0.492 e. The van der Waals surface area contributed by atoms with E-state index in [9.17, 15) is 4.39 Å². The summed E-state index contributed by atoms with van der Waals surface area (Å²) in [6.45, 7) is 5.81. The topological polar surface area (TPSA) is 21.3 Å². The van der Waals surface area contributed by atoms with Crippen LogP contribution in [-0.4, -0.2) is 13.2 Å². The second kappa shape index (κ2) is 7.70. The van der Waals surface area contributed by atoms with Crippen LogP contribution in [0.3, 0.4) is 0 Å². The molecule has 92 valence electrons. The molecule has 0 aliphatic carbocycles. The molecule has 1 aromatic rings. The van der Waals surface area contributed by atoms with Crippen LogP contribution in [0.5, 0.6) is 5.75 Å². The Morgan fingerprint density at radius 2 is 2.18 bits per heavy atom. The summed E-state index contributed by atoms with van der Waals surface area (Å²) >= 11 is 0. The van der Waals surface area contributed by atoms with E-state index in [0.717, 1.165) is 12.1 Å². The van der Waals surface area contributed by atoms with Crippen molar-refractivity contribution in [2.24, 2.45) is 0 Å². The molecule has 0 amide bonds. The van der Waals surface area contributed by atoms with E-state index in [1.807, 2.05) is 13.0 Å². The molecule has 0 saturated heterocycles. The molecule has 0 aromatic heterocycles. The molecule has 0 heterocycles. The monoisotopic (exact) mass is 235 g/mol. The highest BCUT2D eigenvalue weighted by Gasteiger charge is 2.01. The Morgan fingerprint density at radius 1 is 1.35 bits per heavy atom. The van der Waals surface area contributed by atoms with Crippen LogP contribution >= 0.6 is 0 Å². The molecule has 0 atom stereocenters. The van der Waals surface area contributed by atoms with Gasteiger partial charge >= 0.3 is 0 Å². The molecule has 1 rings (SSSR count). The van der Waals surface area contributed by atoms with Gasteiger partial charge in [0.1, 0.15) is 11.6 Å². The maximum Gasteiger partial charge on any atom is 0.127 e. The van der Waals surface area contributed by atoms with Gasteiger partial charge in [-0.05, 0) is 31.2 Å². The van der Waals surface area contributed by atoms with Crippen molar-refractivity contribution in [3.05, 3.63) is 29.6 Å². The predicted octanol–water partition coefficient (Wildman–Crippen LogP) is 2.73. The molecule has 1 aromatic carbocycles. The van der Waals surface area contributed by atoms with Crippen LogP contribution < -0.4 is 10.1 Å². The first-order chi connectivity index (χ1) is 8.26. The number of hydrogen-bond donors (Lipinski definition) is 1. The zero-order valence-electron chi connectivity index (χ0n) is 10.3. The number of rotatable bonds is 6. The maximum atomic E-state index is 13.3. The van der Waals surface area contributed by atoms with Crippen molar-refractivity contribution in [2.45, 2.75) is 26.8 Å². The van der Waals surface area contributed by atoms with E-state index in [1.165, 1.54) is 12.1 Å². The van der Waals surface area contributed by atoms with Crippen molar-refractivity contribution in [1.29, 1.82) is 0 Å². The standard InChI is InChI=1S/C14H18FNO/c1-3-5-6-7-17-14-9-12(11-16-4-2)8-13(15)10-14/h8-10,16H,4,6-7,11H2,1-2H3. The minimum absolute atomic E-state index is 0.267. The summed E-state index contributed by atoms with van der Waals surface area (Å²) in [5, 5.41) is 3.15. The molecule has 3 heteroatoms. The quantitative estimate of drug-likeness (QED) is 0.604. The number of benzene rings is 1. The van der Waals surface area contributed by atoms with Gasteiger partial charge in [0.15, 0.2) is 0 Å². The summed E-state index contributed by atoms with van der Waals surface area (Å²) in [5.74, 6) is 5.99. The number of halogens is 1. The molecule has 0 bridgehead atoms. The van der Waals surface area contributed by atoms with Crippen LogP contribution in [0, 0.1) is 17.7 Å². The third-order valence-electron chi connectivity index (χ3n) is 2.18. The van der Waals surface area contributed by atoms with E-state index in [2.05, 4.69) is 17.2 Å². The number of nitrogens with one attached hydrogen (secondary N) is 1. The van der Waals surface area contributed by atoms with Crippen molar-refractivity contribution < 1.29 is 9.13 Å². The van der Waals surface area contributed by atoms with Crippen molar-refractivity contribution in [1.82, 2.24) is 5.32 Å². The van der Waals surface area contributed by atoms with Crippen LogP contribution in [0.25, 0.3) is 0 Å². The Bertz CT molecular complexity index is 406. The average molecular weight is 235 g/mol.